The van der Waals surface area contributed by atoms with E-state index in [1.54, 1.807) is 5.48 Å². The summed E-state index contributed by atoms with van der Waals surface area (Å²) in [5.74, 6) is 0.330. The number of hydrogen-bond acceptors (Lipinski definition) is 3. The second-order valence-corrected chi connectivity index (χ2v) is 3.29. The molecule has 0 aromatic heterocycles. The van der Waals surface area contributed by atoms with Crippen molar-refractivity contribution in [3.05, 3.63) is 0 Å². The molecule has 1 aliphatic rings. The van der Waals surface area contributed by atoms with Crippen LogP contribution in [0, 0.1) is 5.92 Å². The molecule has 1 fully saturated rings. The third-order valence-corrected chi connectivity index (χ3v) is 2.30. The zero-order valence-corrected chi connectivity index (χ0v) is 7.18. The van der Waals surface area contributed by atoms with Crippen molar-refractivity contribution in [1.29, 1.82) is 0 Å². The van der Waals surface area contributed by atoms with Crippen LogP contribution in [0.15, 0.2) is 0 Å². The highest BCUT2D eigenvalue weighted by atomic mass is 16.5. The lowest BCUT2D eigenvalue weighted by Crippen LogP contribution is -2.30. The fraction of sp³-hybridized carbons (Fsp3) is 0.875. The first-order chi connectivity index (χ1) is 5.83. The Morgan fingerprint density at radius 3 is 3.08 bits per heavy atom. The standard InChI is InChI=1S/C8H16N2O2/c11-8(10-12)4-3-7-2-1-5-9-6-7/h7,9,12H,1-6H2,(H,10,11). The maximum Gasteiger partial charge on any atom is 0.243 e. The molecule has 0 radical (unpaired) electrons. The Kier molecular flexibility index (Phi) is 4.04. The quantitative estimate of drug-likeness (QED) is 0.423. The second kappa shape index (κ2) is 5.11. The fourth-order valence-electron chi connectivity index (χ4n) is 1.56. The van der Waals surface area contributed by atoms with Gasteiger partial charge < -0.3 is 5.32 Å². The van der Waals surface area contributed by atoms with Crippen LogP contribution in [0.1, 0.15) is 25.7 Å². The first-order valence-corrected chi connectivity index (χ1v) is 4.46. The topological polar surface area (TPSA) is 61.4 Å². The summed E-state index contributed by atoms with van der Waals surface area (Å²) in [6.45, 7) is 2.11. The van der Waals surface area contributed by atoms with Crippen LogP contribution in [0.4, 0.5) is 0 Å². The lowest BCUT2D eigenvalue weighted by Gasteiger charge is -2.21. The number of rotatable bonds is 3. The van der Waals surface area contributed by atoms with Crippen molar-refractivity contribution < 1.29 is 10.0 Å². The predicted molar refractivity (Wildman–Crippen MR) is 44.8 cm³/mol. The van der Waals surface area contributed by atoms with Crippen molar-refractivity contribution in [1.82, 2.24) is 10.8 Å². The lowest BCUT2D eigenvalue weighted by atomic mass is 9.95. The van der Waals surface area contributed by atoms with Gasteiger partial charge in [-0.05, 0) is 38.3 Å². The van der Waals surface area contributed by atoms with Crippen molar-refractivity contribution in [2.75, 3.05) is 13.1 Å². The summed E-state index contributed by atoms with van der Waals surface area (Å²) in [6.07, 6.45) is 3.71. The summed E-state index contributed by atoms with van der Waals surface area (Å²) in [6, 6.07) is 0. The molecule has 1 saturated heterocycles. The summed E-state index contributed by atoms with van der Waals surface area (Å²) >= 11 is 0. The molecule has 0 aliphatic carbocycles. The van der Waals surface area contributed by atoms with E-state index in [0.717, 1.165) is 19.5 Å². The summed E-state index contributed by atoms with van der Waals surface area (Å²) in [5, 5.41) is 11.5. The van der Waals surface area contributed by atoms with E-state index in [9.17, 15) is 4.79 Å². The molecule has 0 bridgehead atoms. The molecular weight excluding hydrogens is 156 g/mol. The van der Waals surface area contributed by atoms with Gasteiger partial charge in [0.05, 0.1) is 0 Å². The van der Waals surface area contributed by atoms with Crippen molar-refractivity contribution >= 4 is 5.91 Å². The van der Waals surface area contributed by atoms with Gasteiger partial charge in [0.15, 0.2) is 0 Å². The number of piperidine rings is 1. The van der Waals surface area contributed by atoms with E-state index in [1.165, 1.54) is 12.8 Å². The number of hydrogen-bond donors (Lipinski definition) is 3. The largest absolute Gasteiger partial charge is 0.316 e. The van der Waals surface area contributed by atoms with Crippen LogP contribution in [-0.2, 0) is 4.79 Å². The molecular formula is C8H16N2O2. The highest BCUT2D eigenvalue weighted by molar-refractivity contribution is 5.74. The van der Waals surface area contributed by atoms with Crippen LogP contribution >= 0.6 is 0 Å². The maximum absolute atomic E-state index is 10.7. The Morgan fingerprint density at radius 1 is 1.67 bits per heavy atom. The van der Waals surface area contributed by atoms with Crippen molar-refractivity contribution in [3.63, 3.8) is 0 Å². The Hall–Kier alpha value is -0.610. The molecule has 3 N–H and O–H groups in total. The van der Waals surface area contributed by atoms with Crippen LogP contribution in [0.3, 0.4) is 0 Å². The van der Waals surface area contributed by atoms with Gasteiger partial charge in [0, 0.05) is 6.42 Å². The molecule has 1 amide bonds. The average Bonchev–Trinajstić information content (AvgIpc) is 2.16. The molecule has 0 aromatic carbocycles. The molecule has 0 saturated carbocycles. The van der Waals surface area contributed by atoms with E-state index in [1.807, 2.05) is 0 Å². The monoisotopic (exact) mass is 172 g/mol. The molecule has 0 aromatic rings. The summed E-state index contributed by atoms with van der Waals surface area (Å²) in [4.78, 5) is 10.7. The smallest absolute Gasteiger partial charge is 0.243 e. The van der Waals surface area contributed by atoms with Crippen LogP contribution in [0.25, 0.3) is 0 Å². The molecule has 0 spiro atoms. The highest BCUT2D eigenvalue weighted by Gasteiger charge is 2.13. The van der Waals surface area contributed by atoms with E-state index in [4.69, 9.17) is 5.21 Å². The molecule has 4 nitrogen and oxygen atoms in total. The summed E-state index contributed by atoms with van der Waals surface area (Å²) < 4.78 is 0. The minimum atomic E-state index is -0.277. The van der Waals surface area contributed by atoms with Crippen molar-refractivity contribution in [2.24, 2.45) is 5.92 Å². The minimum Gasteiger partial charge on any atom is -0.316 e. The second-order valence-electron chi connectivity index (χ2n) is 3.29. The Labute approximate surface area is 72.3 Å². The number of carbonyl (C=O) groups is 1. The minimum absolute atomic E-state index is 0.277. The number of amides is 1. The predicted octanol–water partition coefficient (Wildman–Crippen LogP) is 0.272. The molecule has 1 unspecified atom stereocenters. The number of carbonyl (C=O) groups excluding carboxylic acids is 1. The first-order valence-electron chi connectivity index (χ1n) is 4.46. The molecule has 70 valence electrons. The SMILES string of the molecule is O=C(CCC1CCCNC1)NO. The highest BCUT2D eigenvalue weighted by Crippen LogP contribution is 2.15. The van der Waals surface area contributed by atoms with Gasteiger partial charge >= 0.3 is 0 Å². The van der Waals surface area contributed by atoms with Gasteiger partial charge in [-0.25, -0.2) is 5.48 Å². The van der Waals surface area contributed by atoms with E-state index in [-0.39, 0.29) is 5.91 Å². The fourth-order valence-corrected chi connectivity index (χ4v) is 1.56. The van der Waals surface area contributed by atoms with Crippen molar-refractivity contribution in [2.45, 2.75) is 25.7 Å². The lowest BCUT2D eigenvalue weighted by molar-refractivity contribution is -0.129. The third kappa shape index (κ3) is 3.19. The van der Waals surface area contributed by atoms with E-state index in [2.05, 4.69) is 5.32 Å². The molecule has 1 heterocycles. The van der Waals surface area contributed by atoms with E-state index in [0.29, 0.717) is 12.3 Å². The average molecular weight is 172 g/mol. The van der Waals surface area contributed by atoms with Gasteiger partial charge in [0.1, 0.15) is 0 Å². The first kappa shape index (κ1) is 9.48. The summed E-state index contributed by atoms with van der Waals surface area (Å²) in [7, 11) is 0. The van der Waals surface area contributed by atoms with Crippen LogP contribution < -0.4 is 10.8 Å². The summed E-state index contributed by atoms with van der Waals surface area (Å²) in [5.41, 5.74) is 1.65. The third-order valence-electron chi connectivity index (χ3n) is 2.30. The molecule has 4 heteroatoms. The van der Waals surface area contributed by atoms with Gasteiger partial charge in [-0.1, -0.05) is 0 Å². The zero-order chi connectivity index (χ0) is 8.81. The van der Waals surface area contributed by atoms with Gasteiger partial charge in [0.2, 0.25) is 5.91 Å². The van der Waals surface area contributed by atoms with Gasteiger partial charge in [0.25, 0.3) is 0 Å². The molecule has 1 rings (SSSR count). The van der Waals surface area contributed by atoms with E-state index >= 15 is 0 Å². The normalized spacial score (nSPS) is 23.6. The van der Waals surface area contributed by atoms with Crippen molar-refractivity contribution in [3.8, 4) is 0 Å². The van der Waals surface area contributed by atoms with Crippen LogP contribution in [-0.4, -0.2) is 24.2 Å². The van der Waals surface area contributed by atoms with Crippen LogP contribution in [0.5, 0.6) is 0 Å². The molecule has 12 heavy (non-hydrogen) atoms. The molecule has 1 atom stereocenters. The van der Waals surface area contributed by atoms with Gasteiger partial charge in [-0.2, -0.15) is 0 Å². The van der Waals surface area contributed by atoms with Crippen LogP contribution in [0.2, 0.25) is 0 Å². The maximum atomic E-state index is 10.7. The molecule has 1 aliphatic heterocycles. The van der Waals surface area contributed by atoms with Gasteiger partial charge in [-0.15, -0.1) is 0 Å². The van der Waals surface area contributed by atoms with Gasteiger partial charge in [-0.3, -0.25) is 10.0 Å². The number of hydroxylamine groups is 1. The van der Waals surface area contributed by atoms with E-state index < -0.39 is 0 Å². The Bertz CT molecular complexity index is 144. The Morgan fingerprint density at radius 2 is 2.50 bits per heavy atom. The Balaban J connectivity index is 2.09. The number of nitrogens with one attached hydrogen (secondary N) is 2. The zero-order valence-electron chi connectivity index (χ0n) is 7.18.